The van der Waals surface area contributed by atoms with E-state index in [0.29, 0.717) is 17.6 Å². The van der Waals surface area contributed by atoms with Gasteiger partial charge in [0.2, 0.25) is 0 Å². The minimum absolute atomic E-state index is 0. The van der Waals surface area contributed by atoms with Gasteiger partial charge >= 0.3 is 0 Å². The predicted molar refractivity (Wildman–Crippen MR) is 294 cm³/mol. The highest BCUT2D eigenvalue weighted by molar-refractivity contribution is 5.85. The molecule has 76 heavy (non-hydrogen) atoms. The standard InChI is InChI=1S/C10H26N2O2.C9H24N2O.C7H17N2O.C7H16NO2.C6H16NO2.C5H15N2.C5H14NO.7ClH/c1-11(2,7-9-13)5-6-12(3,4)8-10-14;1-10(2,3)6-7-11(4,5)8-9-12;1-9(3-2-8)4-6-10-7-5-9;1-8(2-5-9)3-6-10-7-4-8;1-7(2,3-5-8)4-6-9;1-7(2,3)5-4-6;1-6(2,3)4-5-7;;;;;;;/h13-14H,5-10H2,1-4H3;12H,6-9H2,1-5H3;2-8H2,1H3;9H,2-7H2,1H3;8-9H,3-6H2,1-2H3;4-6H2,1-3H3;7H,4-5H2,1-3H3;7*1H/q2*+2;5*+1;;;;;;;/p-6. The summed E-state index contributed by atoms with van der Waals surface area (Å²) in [5, 5.41) is 60.7. The molecule has 0 spiro atoms. The molecule has 0 atom stereocenters. The first-order valence-corrected chi connectivity index (χ1v) is 25.6. The van der Waals surface area contributed by atoms with E-state index in [1.165, 1.54) is 0 Å². The molecule has 2 saturated heterocycles. The van der Waals surface area contributed by atoms with E-state index in [0.717, 1.165) is 174 Å². The van der Waals surface area contributed by atoms with Gasteiger partial charge in [-0.25, -0.2) is 0 Å². The summed E-state index contributed by atoms with van der Waals surface area (Å²) in [6.07, 6.45) is 0. The lowest BCUT2D eigenvalue weighted by atomic mass is 10.3. The van der Waals surface area contributed by atoms with Gasteiger partial charge in [0, 0.05) is 13.1 Å². The third-order valence-electron chi connectivity index (χ3n) is 12.2. The maximum Gasteiger partial charge on any atom is 0.128 e. The molecular weight excluding hydrogens is 1130 g/mol. The van der Waals surface area contributed by atoms with Crippen LogP contribution in [0.2, 0.25) is 0 Å². The maximum absolute atomic E-state index is 8.87. The smallest absolute Gasteiger partial charge is 0.128 e. The van der Waals surface area contributed by atoms with Crippen molar-refractivity contribution in [2.24, 2.45) is 11.5 Å². The van der Waals surface area contributed by atoms with Gasteiger partial charge in [-0.1, -0.05) is 0 Å². The van der Waals surface area contributed by atoms with Gasteiger partial charge in [0.25, 0.3) is 0 Å². The van der Waals surface area contributed by atoms with Crippen LogP contribution in [0.1, 0.15) is 0 Å². The number of nitrogens with two attached hydrogens (primary N) is 2. The normalized spacial score (nSPS) is 14.7. The molecule has 0 bridgehead atoms. The number of ether oxygens (including phenoxy) is 2. The highest BCUT2D eigenvalue weighted by atomic mass is 35.5. The third-order valence-corrected chi connectivity index (χ3v) is 12.2. The molecule has 0 amide bonds. The SMILES string of the molecule is C[N+](C)(C)CCN.C[N+](C)(C)CCO.C[N+](C)(C)CC[N+](C)(C)CCO.C[N+](C)(CCO)CCO.C[N+](C)(CCO)CC[N+](C)(C)CCO.C[N+]1(CCN)CCOCC1.C[N+]1(CCO)CCOCC1.Cl.[Cl-].[Cl-].[Cl-].[Cl-].[Cl-].[Cl-]. The van der Waals surface area contributed by atoms with Crippen LogP contribution in [0.15, 0.2) is 0 Å². The number of halogens is 7. The van der Waals surface area contributed by atoms with E-state index in [1.807, 2.05) is 14.1 Å². The van der Waals surface area contributed by atoms with Crippen LogP contribution in [0.3, 0.4) is 0 Å². The van der Waals surface area contributed by atoms with Crippen molar-refractivity contribution < 1.29 is 160 Å². The van der Waals surface area contributed by atoms with Crippen molar-refractivity contribution in [1.29, 1.82) is 0 Å². The van der Waals surface area contributed by atoms with Gasteiger partial charge in [0.05, 0.1) is 220 Å². The van der Waals surface area contributed by atoms with Crippen LogP contribution < -0.4 is 85.9 Å². The third kappa shape index (κ3) is 81.7. The Hall–Kier alpha value is 1.23. The van der Waals surface area contributed by atoms with Crippen molar-refractivity contribution in [3.05, 3.63) is 0 Å². The highest BCUT2D eigenvalue weighted by Gasteiger charge is 2.25. The van der Waals surface area contributed by atoms with E-state index in [2.05, 4.69) is 120 Å². The monoisotopic (exact) mass is 1260 g/mol. The molecule has 20 nitrogen and oxygen atoms in total. The van der Waals surface area contributed by atoms with Crippen molar-refractivity contribution in [3.8, 4) is 0 Å². The van der Waals surface area contributed by atoms with Crippen molar-refractivity contribution in [3.63, 3.8) is 0 Å². The first kappa shape index (κ1) is 105. The van der Waals surface area contributed by atoms with Crippen molar-refractivity contribution >= 4 is 12.4 Å². The van der Waals surface area contributed by atoms with E-state index < -0.39 is 0 Å². The predicted octanol–water partition coefficient (Wildman–Crippen LogP) is -21.4. The molecule has 0 saturated carbocycles. The summed E-state index contributed by atoms with van der Waals surface area (Å²) in [7, 11) is 40.3. The fourth-order valence-electron chi connectivity index (χ4n) is 6.17. The van der Waals surface area contributed by atoms with Gasteiger partial charge < -0.3 is 171 Å². The van der Waals surface area contributed by atoms with E-state index in [1.54, 1.807) is 0 Å². The van der Waals surface area contributed by atoms with Crippen LogP contribution in [-0.2, 0) is 9.47 Å². The fraction of sp³-hybridized carbons (Fsp3) is 1.00. The highest BCUT2D eigenvalue weighted by Crippen LogP contribution is 2.07. The molecular formula is C49H129Cl7N11O9+3. The molecule has 2 aliphatic rings. The van der Waals surface area contributed by atoms with Gasteiger partial charge in [-0.2, -0.15) is 0 Å². The summed E-state index contributed by atoms with van der Waals surface area (Å²) in [5.41, 5.74) is 10.8. The summed E-state index contributed by atoms with van der Waals surface area (Å²) in [6.45, 7) is 23.1. The van der Waals surface area contributed by atoms with Crippen LogP contribution in [0.25, 0.3) is 0 Å². The summed E-state index contributed by atoms with van der Waals surface area (Å²) in [4.78, 5) is 0. The second-order valence-corrected chi connectivity index (χ2v) is 25.0. The Morgan fingerprint density at radius 2 is 0.539 bits per heavy atom. The molecule has 0 aromatic rings. The average molecular weight is 1260 g/mol. The van der Waals surface area contributed by atoms with E-state index in [4.69, 9.17) is 56.7 Å². The fourth-order valence-corrected chi connectivity index (χ4v) is 6.17. The zero-order valence-corrected chi connectivity index (χ0v) is 57.4. The molecule has 2 fully saturated rings. The molecule has 2 heterocycles. The largest absolute Gasteiger partial charge is 1.00 e. The molecule has 27 heteroatoms. The van der Waals surface area contributed by atoms with Gasteiger partial charge in [0.1, 0.15) is 98.2 Å². The number of hydrogen-bond donors (Lipinski definition) is 9. The molecule has 0 aliphatic carbocycles. The number of nitrogens with zero attached hydrogens (tertiary/aromatic N) is 9. The number of quaternary nitrogens is 9. The molecule has 480 valence electrons. The van der Waals surface area contributed by atoms with Crippen LogP contribution in [0.5, 0.6) is 0 Å². The van der Waals surface area contributed by atoms with E-state index in [-0.39, 0.29) is 133 Å². The molecule has 2 aliphatic heterocycles. The first-order valence-electron chi connectivity index (χ1n) is 25.6. The lowest BCUT2D eigenvalue weighted by Gasteiger charge is -2.37. The van der Waals surface area contributed by atoms with Gasteiger partial charge in [-0.15, -0.1) is 12.4 Å². The quantitative estimate of drug-likeness (QED) is 0.0415. The molecule has 0 radical (unpaired) electrons. The number of morpholine rings is 2. The Morgan fingerprint density at radius 1 is 0.316 bits per heavy atom. The second kappa shape index (κ2) is 56.7. The van der Waals surface area contributed by atoms with Crippen LogP contribution >= 0.6 is 12.4 Å². The zero-order valence-electron chi connectivity index (χ0n) is 52.0. The number of aliphatic hydroxyl groups is 7. The lowest BCUT2D eigenvalue weighted by Crippen LogP contribution is -3.00. The number of likely N-dealkylation sites (N-methyl/N-ethyl adjacent to an activating group) is 9. The zero-order chi connectivity index (χ0) is 55.1. The second-order valence-electron chi connectivity index (χ2n) is 25.0. The van der Waals surface area contributed by atoms with Crippen molar-refractivity contribution in [2.45, 2.75) is 0 Å². The first-order chi connectivity index (χ1) is 31.4. The van der Waals surface area contributed by atoms with Crippen molar-refractivity contribution in [1.82, 2.24) is 0 Å². The molecule has 0 aromatic carbocycles. The van der Waals surface area contributed by atoms with Crippen LogP contribution in [0, 0.1) is 0 Å². The molecule has 0 unspecified atom stereocenters. The Morgan fingerprint density at radius 3 is 0.711 bits per heavy atom. The Labute approximate surface area is 512 Å². The van der Waals surface area contributed by atoms with Crippen LogP contribution in [-0.4, -0.2) is 407 Å². The average Bonchev–Trinajstić information content (AvgIpc) is 3.17. The summed E-state index contributed by atoms with van der Waals surface area (Å²) in [5.74, 6) is 0. The minimum Gasteiger partial charge on any atom is -1.00 e. The number of aliphatic hydroxyl groups excluding tert-OH is 7. The van der Waals surface area contributed by atoms with Crippen molar-refractivity contribution in [2.75, 3.05) is 331 Å². The topological polar surface area (TPSA) is 212 Å². The lowest BCUT2D eigenvalue weighted by molar-refractivity contribution is -0.946. The van der Waals surface area contributed by atoms with Crippen LogP contribution in [0.4, 0.5) is 0 Å². The number of hydrogen-bond acceptors (Lipinski definition) is 11. The minimum atomic E-state index is 0. The summed E-state index contributed by atoms with van der Waals surface area (Å²) in [6, 6.07) is 0. The van der Waals surface area contributed by atoms with E-state index in [9.17, 15) is 0 Å². The van der Waals surface area contributed by atoms with Gasteiger partial charge in [-0.3, -0.25) is 0 Å². The molecule has 11 N–H and O–H groups in total. The Balaban J connectivity index is -0.0000000626. The Kier molecular flexibility index (Phi) is 78.7. The van der Waals surface area contributed by atoms with Gasteiger partial charge in [0.15, 0.2) is 0 Å². The molecule has 2 rings (SSSR count). The maximum atomic E-state index is 8.87. The van der Waals surface area contributed by atoms with E-state index >= 15 is 0 Å². The summed E-state index contributed by atoms with van der Waals surface area (Å²) < 4.78 is 18.6. The number of rotatable bonds is 24. The molecule has 0 aromatic heterocycles. The Bertz CT molecular complexity index is 1080. The van der Waals surface area contributed by atoms with Gasteiger partial charge in [-0.05, 0) is 0 Å². The summed E-state index contributed by atoms with van der Waals surface area (Å²) >= 11 is 0.